The maximum absolute atomic E-state index is 13.7. The molecule has 0 aromatic heterocycles. The van der Waals surface area contributed by atoms with Gasteiger partial charge >= 0.3 is 6.18 Å². The molecule has 3 nitrogen and oxygen atoms in total. The number of carbonyl (C=O) groups excluding carboxylic acids is 1. The summed E-state index contributed by atoms with van der Waals surface area (Å²) in [6.45, 7) is 2.00. The largest absolute Gasteiger partial charge is 0.489 e. The fourth-order valence-electron chi connectivity index (χ4n) is 4.63. The highest BCUT2D eigenvalue weighted by molar-refractivity contribution is 5.93. The molecule has 0 unspecified atom stereocenters. The van der Waals surface area contributed by atoms with Gasteiger partial charge in [0.05, 0.1) is 5.56 Å². The average molecular weight is 417 g/mol. The summed E-state index contributed by atoms with van der Waals surface area (Å²) in [5, 5.41) is 0. The molecular weight excluding hydrogens is 391 g/mol. The Balaban J connectivity index is 1.52. The van der Waals surface area contributed by atoms with Crippen LogP contribution in [-0.2, 0) is 24.0 Å². The van der Waals surface area contributed by atoms with Gasteiger partial charge in [-0.3, -0.25) is 4.79 Å². The van der Waals surface area contributed by atoms with Crippen LogP contribution in [-0.4, -0.2) is 12.5 Å². The van der Waals surface area contributed by atoms with Crippen molar-refractivity contribution in [3.8, 4) is 5.75 Å². The number of alkyl halides is 3. The molecule has 0 radical (unpaired) electrons. The summed E-state index contributed by atoms with van der Waals surface area (Å²) in [6.07, 6.45) is 1.55. The van der Waals surface area contributed by atoms with Crippen LogP contribution in [0.3, 0.4) is 0 Å². The minimum atomic E-state index is -4.41. The molecule has 1 aliphatic heterocycles. The number of fused-ring (bicyclic) bond motifs is 1. The van der Waals surface area contributed by atoms with Crippen LogP contribution in [0.4, 0.5) is 18.9 Å². The topological polar surface area (TPSA) is 29.5 Å². The first-order chi connectivity index (χ1) is 14.3. The maximum atomic E-state index is 13.7. The van der Waals surface area contributed by atoms with E-state index in [1.807, 2.05) is 12.1 Å². The van der Waals surface area contributed by atoms with Crippen LogP contribution in [0.1, 0.15) is 67.2 Å². The number of amides is 1. The molecule has 1 amide bonds. The number of halogens is 3. The number of hydrogen-bond acceptors (Lipinski definition) is 2. The molecule has 6 heteroatoms. The second-order valence-electron chi connectivity index (χ2n) is 8.25. The van der Waals surface area contributed by atoms with Gasteiger partial charge in [0.15, 0.2) is 0 Å². The molecular formula is C24H26F3NO2. The van der Waals surface area contributed by atoms with Crippen molar-refractivity contribution in [3.05, 3.63) is 58.7 Å². The predicted octanol–water partition coefficient (Wildman–Crippen LogP) is 6.24. The predicted molar refractivity (Wildman–Crippen MR) is 110 cm³/mol. The quantitative estimate of drug-likeness (QED) is 0.589. The number of hydrogen-bond donors (Lipinski definition) is 0. The lowest BCUT2D eigenvalue weighted by atomic mass is 9.83. The van der Waals surface area contributed by atoms with Crippen LogP contribution in [0.5, 0.6) is 5.75 Å². The van der Waals surface area contributed by atoms with E-state index in [0.29, 0.717) is 12.3 Å². The number of nitrogens with zero attached hydrogens (tertiary/aromatic N) is 1. The summed E-state index contributed by atoms with van der Waals surface area (Å²) in [7, 11) is 0. The summed E-state index contributed by atoms with van der Waals surface area (Å²) >= 11 is 0. The van der Waals surface area contributed by atoms with E-state index < -0.39 is 11.7 Å². The van der Waals surface area contributed by atoms with Crippen LogP contribution < -0.4 is 9.64 Å². The van der Waals surface area contributed by atoms with Crippen molar-refractivity contribution < 1.29 is 22.7 Å². The maximum Gasteiger partial charge on any atom is 0.416 e. The molecule has 0 N–H and O–H groups in total. The lowest BCUT2D eigenvalue weighted by molar-refractivity contribution is -0.138. The average Bonchev–Trinajstić information content (AvgIpc) is 3.16. The van der Waals surface area contributed by atoms with Crippen molar-refractivity contribution in [2.45, 2.75) is 64.1 Å². The molecule has 2 aliphatic rings. The van der Waals surface area contributed by atoms with E-state index in [4.69, 9.17) is 4.74 Å². The molecule has 0 atom stereocenters. The van der Waals surface area contributed by atoms with E-state index in [0.717, 1.165) is 48.9 Å². The molecule has 1 fully saturated rings. The summed E-state index contributed by atoms with van der Waals surface area (Å²) < 4.78 is 46.9. The van der Waals surface area contributed by atoms with Gasteiger partial charge in [-0.1, -0.05) is 31.4 Å². The van der Waals surface area contributed by atoms with Gasteiger partial charge in [-0.05, 0) is 60.6 Å². The number of anilines is 1. The first-order valence-corrected chi connectivity index (χ1v) is 10.6. The first kappa shape index (κ1) is 20.8. The standard InChI is InChI=1S/C24H26F3NO2/c1-16(29)28-12-11-19-13-21(9-10-23(19)28)30-15-20-8-7-18(14-22(20)24(25,26)27)17-5-3-2-4-6-17/h7-10,13-14,17H,2-6,11-12,15H2,1H3. The molecule has 1 saturated carbocycles. The number of rotatable bonds is 4. The highest BCUT2D eigenvalue weighted by Gasteiger charge is 2.34. The van der Waals surface area contributed by atoms with Crippen molar-refractivity contribution in [3.63, 3.8) is 0 Å². The van der Waals surface area contributed by atoms with Crippen molar-refractivity contribution in [2.75, 3.05) is 11.4 Å². The van der Waals surface area contributed by atoms with Crippen LogP contribution in [0.25, 0.3) is 0 Å². The second kappa shape index (κ2) is 8.32. The van der Waals surface area contributed by atoms with E-state index in [1.54, 1.807) is 23.1 Å². The fourth-order valence-corrected chi connectivity index (χ4v) is 4.63. The lowest BCUT2D eigenvalue weighted by Crippen LogP contribution is -2.25. The Morgan fingerprint density at radius 2 is 1.87 bits per heavy atom. The number of ether oxygens (including phenoxy) is 1. The van der Waals surface area contributed by atoms with Crippen LogP contribution in [0, 0.1) is 0 Å². The van der Waals surface area contributed by atoms with Crippen molar-refractivity contribution >= 4 is 11.6 Å². The molecule has 1 heterocycles. The lowest BCUT2D eigenvalue weighted by Gasteiger charge is -2.24. The Kier molecular flexibility index (Phi) is 5.76. The zero-order chi connectivity index (χ0) is 21.3. The zero-order valence-corrected chi connectivity index (χ0v) is 17.1. The van der Waals surface area contributed by atoms with Gasteiger partial charge in [0.1, 0.15) is 12.4 Å². The Hall–Kier alpha value is -2.50. The SMILES string of the molecule is CC(=O)N1CCc2cc(OCc3ccc(C4CCCCC4)cc3C(F)(F)F)ccc21. The van der Waals surface area contributed by atoms with Gasteiger partial charge < -0.3 is 9.64 Å². The molecule has 0 spiro atoms. The molecule has 160 valence electrons. The minimum Gasteiger partial charge on any atom is -0.489 e. The van der Waals surface area contributed by atoms with E-state index in [-0.39, 0.29) is 24.0 Å². The van der Waals surface area contributed by atoms with Crippen LogP contribution >= 0.6 is 0 Å². The van der Waals surface area contributed by atoms with E-state index in [1.165, 1.54) is 19.4 Å². The second-order valence-corrected chi connectivity index (χ2v) is 8.25. The zero-order valence-electron chi connectivity index (χ0n) is 17.1. The van der Waals surface area contributed by atoms with Gasteiger partial charge in [-0.15, -0.1) is 0 Å². The third-order valence-corrected chi connectivity index (χ3v) is 6.24. The first-order valence-electron chi connectivity index (χ1n) is 10.6. The Bertz CT molecular complexity index is 933. The molecule has 0 bridgehead atoms. The van der Waals surface area contributed by atoms with Gasteiger partial charge in [-0.2, -0.15) is 13.2 Å². The third kappa shape index (κ3) is 4.32. The number of carbonyl (C=O) groups is 1. The van der Waals surface area contributed by atoms with Gasteiger partial charge in [-0.25, -0.2) is 0 Å². The monoisotopic (exact) mass is 417 g/mol. The van der Waals surface area contributed by atoms with Gasteiger partial charge in [0, 0.05) is 24.7 Å². The highest BCUT2D eigenvalue weighted by atomic mass is 19.4. The summed E-state index contributed by atoms with van der Waals surface area (Å²) in [5.41, 5.74) is 2.16. The molecule has 1 aliphatic carbocycles. The molecule has 2 aromatic rings. The Morgan fingerprint density at radius 1 is 1.10 bits per heavy atom. The molecule has 0 saturated heterocycles. The van der Waals surface area contributed by atoms with Gasteiger partial charge in [0.25, 0.3) is 0 Å². The Morgan fingerprint density at radius 3 is 2.57 bits per heavy atom. The third-order valence-electron chi connectivity index (χ3n) is 6.24. The fraction of sp³-hybridized carbons (Fsp3) is 0.458. The van der Waals surface area contributed by atoms with Crippen LogP contribution in [0.15, 0.2) is 36.4 Å². The summed E-state index contributed by atoms with van der Waals surface area (Å²) in [4.78, 5) is 13.4. The molecule has 2 aromatic carbocycles. The smallest absolute Gasteiger partial charge is 0.416 e. The summed E-state index contributed by atoms with van der Waals surface area (Å²) in [5.74, 6) is 0.717. The van der Waals surface area contributed by atoms with Crippen LogP contribution in [0.2, 0.25) is 0 Å². The highest BCUT2D eigenvalue weighted by Crippen LogP contribution is 2.38. The molecule has 4 rings (SSSR count). The van der Waals surface area contributed by atoms with Crippen molar-refractivity contribution in [1.29, 1.82) is 0 Å². The van der Waals surface area contributed by atoms with Gasteiger partial charge in [0.2, 0.25) is 5.91 Å². The molecule has 30 heavy (non-hydrogen) atoms. The van der Waals surface area contributed by atoms with E-state index in [9.17, 15) is 18.0 Å². The van der Waals surface area contributed by atoms with Crippen molar-refractivity contribution in [2.24, 2.45) is 0 Å². The summed E-state index contributed by atoms with van der Waals surface area (Å²) in [6, 6.07) is 10.1. The normalized spacial score (nSPS) is 17.1. The van der Waals surface area contributed by atoms with E-state index in [2.05, 4.69) is 0 Å². The number of benzene rings is 2. The van der Waals surface area contributed by atoms with E-state index >= 15 is 0 Å². The van der Waals surface area contributed by atoms with Crippen molar-refractivity contribution in [1.82, 2.24) is 0 Å². The minimum absolute atomic E-state index is 0.0182. The Labute approximate surface area is 174 Å².